The Bertz CT molecular complexity index is 690. The van der Waals surface area contributed by atoms with Gasteiger partial charge in [-0.1, -0.05) is 32.3 Å². The second-order valence-corrected chi connectivity index (χ2v) is 11.3. The SMILES string of the molecule is COC1(C2CC[C@@]3(C)C(=CC(=O)[C@@H]4[C@H]3CC[C@]3(C)C(O)CC[C@@H]43)C2)CCCC1. The molecule has 5 aliphatic carbocycles. The van der Waals surface area contributed by atoms with Crippen LogP contribution in [0.1, 0.15) is 84.5 Å². The Hall–Kier alpha value is -0.670. The Balaban J connectivity index is 1.46. The molecule has 1 N–H and O–H groups in total. The number of carbonyl (C=O) groups is 1. The molecule has 28 heavy (non-hydrogen) atoms. The van der Waals surface area contributed by atoms with E-state index in [4.69, 9.17) is 4.74 Å². The van der Waals surface area contributed by atoms with Crippen LogP contribution in [0.15, 0.2) is 11.6 Å². The van der Waals surface area contributed by atoms with Gasteiger partial charge in [0.2, 0.25) is 0 Å². The average molecular weight is 387 g/mol. The molecule has 0 spiro atoms. The van der Waals surface area contributed by atoms with Crippen molar-refractivity contribution in [3.05, 3.63) is 11.6 Å². The molecular formula is C25H38O3. The molecule has 4 saturated carbocycles. The summed E-state index contributed by atoms with van der Waals surface area (Å²) in [6.45, 7) is 4.71. The van der Waals surface area contributed by atoms with Crippen LogP contribution in [-0.2, 0) is 9.53 Å². The maximum absolute atomic E-state index is 13.4. The lowest BCUT2D eigenvalue weighted by Gasteiger charge is -2.58. The molecule has 5 aliphatic rings. The third kappa shape index (κ3) is 2.44. The number of aliphatic hydroxyl groups is 1. The first kappa shape index (κ1) is 19.3. The van der Waals surface area contributed by atoms with Crippen molar-refractivity contribution in [2.45, 2.75) is 96.2 Å². The number of ether oxygens (including phenoxy) is 1. The Labute approximate surface area is 170 Å². The number of fused-ring (bicyclic) bond motifs is 5. The van der Waals surface area contributed by atoms with Gasteiger partial charge in [-0.25, -0.2) is 0 Å². The molecule has 0 saturated heterocycles. The molecule has 5 rings (SSSR count). The molecule has 0 aromatic rings. The second kappa shape index (κ2) is 6.41. The molecule has 0 aromatic heterocycles. The van der Waals surface area contributed by atoms with Gasteiger partial charge in [-0.15, -0.1) is 0 Å². The molecule has 0 heterocycles. The third-order valence-electron chi connectivity index (χ3n) is 10.5. The van der Waals surface area contributed by atoms with E-state index in [1.807, 2.05) is 7.11 Å². The van der Waals surface area contributed by atoms with Crippen molar-refractivity contribution >= 4 is 5.78 Å². The predicted molar refractivity (Wildman–Crippen MR) is 110 cm³/mol. The standard InChI is InChI=1S/C25H38O3/c1-23-12-8-16(25(28-3)10-4-5-11-25)14-17(23)15-20(26)22-18-6-7-21(27)24(18,2)13-9-19(22)23/h15-16,18-19,21-22,27H,4-14H2,1-3H3/t16?,18-,19+,21?,22-,23-,24-/m0/s1. The molecule has 156 valence electrons. The van der Waals surface area contributed by atoms with Crippen LogP contribution in [-0.4, -0.2) is 29.7 Å². The molecular weight excluding hydrogens is 348 g/mol. The molecule has 7 atom stereocenters. The van der Waals surface area contributed by atoms with Gasteiger partial charge in [0.25, 0.3) is 0 Å². The van der Waals surface area contributed by atoms with Crippen molar-refractivity contribution in [2.24, 2.45) is 34.5 Å². The van der Waals surface area contributed by atoms with E-state index in [-0.39, 0.29) is 28.5 Å². The highest BCUT2D eigenvalue weighted by molar-refractivity contribution is 5.94. The van der Waals surface area contributed by atoms with Crippen molar-refractivity contribution in [2.75, 3.05) is 7.11 Å². The van der Waals surface area contributed by atoms with Crippen LogP contribution >= 0.6 is 0 Å². The molecule has 0 aromatic carbocycles. The average Bonchev–Trinajstić information content (AvgIpc) is 3.28. The van der Waals surface area contributed by atoms with E-state index in [1.54, 1.807) is 0 Å². The van der Waals surface area contributed by atoms with Gasteiger partial charge in [0.05, 0.1) is 11.7 Å². The first-order chi connectivity index (χ1) is 13.3. The molecule has 0 aliphatic heterocycles. The lowest BCUT2D eigenvalue weighted by Crippen LogP contribution is -2.54. The number of methoxy groups -OCH3 is 1. The molecule has 4 fully saturated rings. The van der Waals surface area contributed by atoms with E-state index in [1.165, 1.54) is 44.1 Å². The summed E-state index contributed by atoms with van der Waals surface area (Å²) in [7, 11) is 1.91. The van der Waals surface area contributed by atoms with Crippen molar-refractivity contribution in [3.63, 3.8) is 0 Å². The van der Waals surface area contributed by atoms with E-state index in [0.29, 0.717) is 23.5 Å². The largest absolute Gasteiger partial charge is 0.393 e. The van der Waals surface area contributed by atoms with Gasteiger partial charge >= 0.3 is 0 Å². The van der Waals surface area contributed by atoms with Crippen molar-refractivity contribution < 1.29 is 14.6 Å². The zero-order chi connectivity index (χ0) is 19.7. The van der Waals surface area contributed by atoms with Crippen LogP contribution in [0.4, 0.5) is 0 Å². The smallest absolute Gasteiger partial charge is 0.159 e. The Morgan fingerprint density at radius 3 is 2.46 bits per heavy atom. The molecule has 0 bridgehead atoms. The second-order valence-electron chi connectivity index (χ2n) is 11.3. The minimum Gasteiger partial charge on any atom is -0.393 e. The Kier molecular flexibility index (Phi) is 4.42. The van der Waals surface area contributed by atoms with Crippen LogP contribution in [0.3, 0.4) is 0 Å². The summed E-state index contributed by atoms with van der Waals surface area (Å²) < 4.78 is 6.13. The summed E-state index contributed by atoms with van der Waals surface area (Å²) in [5, 5.41) is 10.6. The highest BCUT2D eigenvalue weighted by Gasteiger charge is 2.61. The van der Waals surface area contributed by atoms with Crippen molar-refractivity contribution in [3.8, 4) is 0 Å². The number of hydrogen-bond donors (Lipinski definition) is 1. The highest BCUT2D eigenvalue weighted by Crippen LogP contribution is 2.65. The van der Waals surface area contributed by atoms with Gasteiger partial charge in [-0.05, 0) is 92.4 Å². The van der Waals surface area contributed by atoms with Crippen LogP contribution in [0.25, 0.3) is 0 Å². The van der Waals surface area contributed by atoms with Gasteiger partial charge in [0.15, 0.2) is 5.78 Å². The number of hydrogen-bond acceptors (Lipinski definition) is 3. The van der Waals surface area contributed by atoms with Gasteiger partial charge in [-0.2, -0.15) is 0 Å². The maximum Gasteiger partial charge on any atom is 0.159 e. The van der Waals surface area contributed by atoms with Crippen molar-refractivity contribution in [1.82, 2.24) is 0 Å². The lowest BCUT2D eigenvalue weighted by atomic mass is 9.46. The van der Waals surface area contributed by atoms with Gasteiger partial charge in [0.1, 0.15) is 0 Å². The fourth-order valence-electron chi connectivity index (χ4n) is 8.58. The van der Waals surface area contributed by atoms with Crippen LogP contribution in [0.2, 0.25) is 0 Å². The van der Waals surface area contributed by atoms with Gasteiger partial charge < -0.3 is 9.84 Å². The highest BCUT2D eigenvalue weighted by atomic mass is 16.5. The molecule has 2 unspecified atom stereocenters. The van der Waals surface area contributed by atoms with Gasteiger partial charge in [-0.3, -0.25) is 4.79 Å². The van der Waals surface area contributed by atoms with E-state index < -0.39 is 0 Å². The minimum absolute atomic E-state index is 0.0420. The van der Waals surface area contributed by atoms with E-state index >= 15 is 0 Å². The summed E-state index contributed by atoms with van der Waals surface area (Å²) >= 11 is 0. The summed E-state index contributed by atoms with van der Waals surface area (Å²) in [6, 6.07) is 0. The summed E-state index contributed by atoms with van der Waals surface area (Å²) in [6.07, 6.45) is 14.4. The summed E-state index contributed by atoms with van der Waals surface area (Å²) in [5.41, 5.74) is 1.63. The summed E-state index contributed by atoms with van der Waals surface area (Å²) in [5.74, 6) is 1.95. The lowest BCUT2D eigenvalue weighted by molar-refractivity contribution is -0.137. The number of aliphatic hydroxyl groups excluding tert-OH is 1. The number of ketones is 1. The first-order valence-electron chi connectivity index (χ1n) is 11.8. The zero-order valence-corrected chi connectivity index (χ0v) is 18.0. The quantitative estimate of drug-likeness (QED) is 0.721. The summed E-state index contributed by atoms with van der Waals surface area (Å²) in [4.78, 5) is 13.4. The van der Waals surface area contributed by atoms with E-state index in [9.17, 15) is 9.90 Å². The number of carbonyl (C=O) groups excluding carboxylic acids is 1. The Morgan fingerprint density at radius 1 is 1.00 bits per heavy atom. The molecule has 3 nitrogen and oxygen atoms in total. The zero-order valence-electron chi connectivity index (χ0n) is 18.0. The fraction of sp³-hybridized carbons (Fsp3) is 0.880. The van der Waals surface area contributed by atoms with Crippen molar-refractivity contribution in [1.29, 1.82) is 0 Å². The topological polar surface area (TPSA) is 46.5 Å². The van der Waals surface area contributed by atoms with E-state index in [0.717, 1.165) is 32.1 Å². The number of allylic oxidation sites excluding steroid dienone is 2. The minimum atomic E-state index is -0.218. The van der Waals surface area contributed by atoms with E-state index in [2.05, 4.69) is 19.9 Å². The first-order valence-corrected chi connectivity index (χ1v) is 11.8. The molecule has 0 amide bonds. The number of rotatable bonds is 2. The molecule has 3 heteroatoms. The Morgan fingerprint density at radius 2 is 1.75 bits per heavy atom. The fourth-order valence-corrected chi connectivity index (χ4v) is 8.58. The van der Waals surface area contributed by atoms with Crippen LogP contribution in [0.5, 0.6) is 0 Å². The normalized spacial score (nSPS) is 49.9. The predicted octanol–water partition coefficient (Wildman–Crippen LogP) is 5.06. The van der Waals surface area contributed by atoms with Crippen LogP contribution < -0.4 is 0 Å². The van der Waals surface area contributed by atoms with Gasteiger partial charge in [0, 0.05) is 13.0 Å². The monoisotopic (exact) mass is 386 g/mol. The molecule has 0 radical (unpaired) electrons. The van der Waals surface area contributed by atoms with Crippen LogP contribution in [0, 0.1) is 34.5 Å². The third-order valence-corrected chi connectivity index (χ3v) is 10.5. The maximum atomic E-state index is 13.4.